The number of hydrogen-bond acceptors (Lipinski definition) is 6. The molecule has 8 heteroatoms. The van der Waals surface area contributed by atoms with Crippen molar-refractivity contribution in [2.75, 3.05) is 16.3 Å². The van der Waals surface area contributed by atoms with Gasteiger partial charge in [-0.25, -0.2) is 0 Å². The van der Waals surface area contributed by atoms with Crippen LogP contribution in [0.15, 0.2) is 65.5 Å². The Labute approximate surface area is 211 Å². The molecule has 1 fully saturated rings. The summed E-state index contributed by atoms with van der Waals surface area (Å²) in [5.41, 5.74) is 3.74. The second-order valence-electron chi connectivity index (χ2n) is 7.89. The smallest absolute Gasteiger partial charge is 0.273 e. The third-order valence-corrected chi connectivity index (χ3v) is 8.49. The number of carbonyl (C=O) groups excluding carboxylic acids is 1. The lowest BCUT2D eigenvalue weighted by Gasteiger charge is -2.28. The van der Waals surface area contributed by atoms with Crippen molar-refractivity contribution in [3.63, 3.8) is 0 Å². The number of rotatable bonds is 4. The van der Waals surface area contributed by atoms with E-state index in [2.05, 4.69) is 30.0 Å². The van der Waals surface area contributed by atoms with E-state index in [1.165, 1.54) is 23.1 Å². The van der Waals surface area contributed by atoms with Crippen LogP contribution in [0.25, 0.3) is 16.7 Å². The fourth-order valence-electron chi connectivity index (χ4n) is 4.27. The van der Waals surface area contributed by atoms with E-state index in [1.807, 2.05) is 55.5 Å². The van der Waals surface area contributed by atoms with Crippen molar-refractivity contribution < 1.29 is 4.79 Å². The van der Waals surface area contributed by atoms with Crippen LogP contribution in [0.1, 0.15) is 25.8 Å². The summed E-state index contributed by atoms with van der Waals surface area (Å²) in [6.45, 7) is 5.38. The summed E-state index contributed by atoms with van der Waals surface area (Å²) < 4.78 is 3.53. The lowest BCUT2D eigenvalue weighted by molar-refractivity contribution is -0.112. The Morgan fingerprint density at radius 1 is 0.941 bits per heavy atom. The van der Waals surface area contributed by atoms with Gasteiger partial charge in [0.25, 0.3) is 11.5 Å². The average Bonchev–Trinajstić information content (AvgIpc) is 3.34. The quantitative estimate of drug-likeness (QED) is 0.499. The first-order valence-corrected chi connectivity index (χ1v) is 13.2. The molecule has 0 bridgehead atoms. The molecule has 1 amide bonds. The molecule has 3 heterocycles. The van der Waals surface area contributed by atoms with Crippen LogP contribution < -0.4 is 24.6 Å². The summed E-state index contributed by atoms with van der Waals surface area (Å²) in [5, 5.41) is 0. The molecule has 5 nitrogen and oxygen atoms in total. The summed E-state index contributed by atoms with van der Waals surface area (Å²) in [6, 6.07) is 17.6. The van der Waals surface area contributed by atoms with Crippen molar-refractivity contribution in [2.24, 2.45) is 0 Å². The maximum atomic E-state index is 13.7. The SMILES string of the molecule is CCCn1c(=C2SC(=S)N(c3ccccc3)C2=O)sc(=C2C=Cc3ccccc3N2CC)c1=O. The number of para-hydroxylation sites is 2. The number of hydrogen-bond donors (Lipinski definition) is 0. The second-order valence-corrected chi connectivity index (χ2v) is 10.5. The third kappa shape index (κ3) is 3.76. The molecule has 172 valence electrons. The minimum atomic E-state index is -0.180. The molecule has 1 saturated heterocycles. The number of anilines is 2. The predicted molar refractivity (Wildman–Crippen MR) is 148 cm³/mol. The Kier molecular flexibility index (Phi) is 6.29. The maximum Gasteiger partial charge on any atom is 0.273 e. The van der Waals surface area contributed by atoms with Crippen molar-refractivity contribution >= 4 is 73.6 Å². The number of likely N-dealkylation sites (N-methyl/N-ethyl adjacent to an activating group) is 1. The third-order valence-electron chi connectivity index (χ3n) is 5.80. The Bertz CT molecular complexity index is 1500. The van der Waals surface area contributed by atoms with Gasteiger partial charge < -0.3 is 4.90 Å². The minimum Gasteiger partial charge on any atom is -0.340 e. The molecular weight excluding hydrogens is 483 g/mol. The van der Waals surface area contributed by atoms with Crippen LogP contribution in [0.4, 0.5) is 11.4 Å². The first kappa shape index (κ1) is 22.8. The second kappa shape index (κ2) is 9.37. The molecule has 1 aromatic heterocycles. The summed E-state index contributed by atoms with van der Waals surface area (Å²) in [4.78, 5) is 31.4. The molecule has 2 aliphatic heterocycles. The molecule has 2 aliphatic rings. The first-order valence-electron chi connectivity index (χ1n) is 11.2. The van der Waals surface area contributed by atoms with Gasteiger partial charge in [0.05, 0.1) is 11.4 Å². The summed E-state index contributed by atoms with van der Waals surface area (Å²) in [6.07, 6.45) is 4.84. The van der Waals surface area contributed by atoms with Crippen LogP contribution in [0.2, 0.25) is 0 Å². The Hall–Kier alpha value is -2.94. The molecule has 0 spiro atoms. The molecule has 3 aromatic rings. The predicted octanol–water partition coefficient (Wildman–Crippen LogP) is 4.15. The number of benzene rings is 2. The zero-order valence-corrected chi connectivity index (χ0v) is 21.3. The van der Waals surface area contributed by atoms with Crippen molar-refractivity contribution in [3.05, 3.63) is 85.8 Å². The Morgan fingerprint density at radius 3 is 2.41 bits per heavy atom. The molecule has 34 heavy (non-hydrogen) atoms. The molecule has 0 aliphatic carbocycles. The highest BCUT2D eigenvalue weighted by Crippen LogP contribution is 2.35. The van der Waals surface area contributed by atoms with Crippen molar-refractivity contribution in [3.8, 4) is 0 Å². The summed E-state index contributed by atoms with van der Waals surface area (Å²) in [7, 11) is 0. The maximum absolute atomic E-state index is 13.7. The number of nitrogens with zero attached hydrogens (tertiary/aromatic N) is 3. The Morgan fingerprint density at radius 2 is 1.68 bits per heavy atom. The van der Waals surface area contributed by atoms with E-state index in [-0.39, 0.29) is 11.5 Å². The van der Waals surface area contributed by atoms with Crippen LogP contribution in [-0.4, -0.2) is 21.3 Å². The van der Waals surface area contributed by atoms with E-state index in [0.717, 1.165) is 35.6 Å². The zero-order valence-electron chi connectivity index (χ0n) is 18.9. The fraction of sp³-hybridized carbons (Fsp3) is 0.192. The van der Waals surface area contributed by atoms with Gasteiger partial charge >= 0.3 is 0 Å². The Balaban J connectivity index is 1.74. The highest BCUT2D eigenvalue weighted by Gasteiger charge is 2.35. The molecule has 0 radical (unpaired) electrons. The van der Waals surface area contributed by atoms with Gasteiger partial charge in [0, 0.05) is 18.8 Å². The van der Waals surface area contributed by atoms with Crippen molar-refractivity contribution in [1.82, 2.24) is 4.57 Å². The zero-order chi connectivity index (χ0) is 23.8. The molecule has 2 aromatic carbocycles. The standard InChI is InChI=1S/C26H23N3O2S3/c1-3-16-28-23(30)21(20-15-14-17-10-8-9-13-19(17)27(20)4-2)33-25(28)22-24(31)29(26(32)34-22)18-11-6-5-7-12-18/h5-15H,3-4,16H2,1-2H3. The van der Waals surface area contributed by atoms with E-state index in [4.69, 9.17) is 12.2 Å². The van der Waals surface area contributed by atoms with Gasteiger partial charge in [-0.15, -0.1) is 11.3 Å². The molecule has 0 saturated carbocycles. The first-order chi connectivity index (χ1) is 16.5. The number of thioether (sulfide) groups is 1. The van der Waals surface area contributed by atoms with Crippen LogP contribution in [0.5, 0.6) is 0 Å². The number of thiocarbonyl (C=S) groups is 1. The van der Waals surface area contributed by atoms with Gasteiger partial charge in [0.1, 0.15) is 14.1 Å². The topological polar surface area (TPSA) is 45.6 Å². The highest BCUT2D eigenvalue weighted by atomic mass is 32.2. The lowest BCUT2D eigenvalue weighted by Crippen LogP contribution is -2.37. The monoisotopic (exact) mass is 505 g/mol. The lowest BCUT2D eigenvalue weighted by atomic mass is 10.1. The van der Waals surface area contributed by atoms with Crippen LogP contribution in [-0.2, 0) is 11.3 Å². The van der Waals surface area contributed by atoms with Gasteiger partial charge in [0.2, 0.25) is 0 Å². The molecule has 0 unspecified atom stereocenters. The normalized spacial score (nSPS) is 18.6. The van der Waals surface area contributed by atoms with Gasteiger partial charge in [-0.05, 0) is 43.2 Å². The number of thiazole rings is 1. The van der Waals surface area contributed by atoms with E-state index < -0.39 is 0 Å². The van der Waals surface area contributed by atoms with Crippen LogP contribution in [0.3, 0.4) is 0 Å². The largest absolute Gasteiger partial charge is 0.340 e. The minimum absolute atomic E-state index is 0.0655. The number of carbonyl (C=O) groups is 1. The van der Waals surface area contributed by atoms with Gasteiger partial charge in [-0.1, -0.05) is 73.4 Å². The molecule has 5 rings (SSSR count). The number of amides is 1. The van der Waals surface area contributed by atoms with E-state index in [9.17, 15) is 9.59 Å². The molecule has 0 N–H and O–H groups in total. The van der Waals surface area contributed by atoms with Gasteiger partial charge in [-0.3, -0.25) is 19.1 Å². The van der Waals surface area contributed by atoms with Crippen molar-refractivity contribution in [1.29, 1.82) is 0 Å². The van der Waals surface area contributed by atoms with E-state index >= 15 is 0 Å². The number of aromatic nitrogens is 1. The summed E-state index contributed by atoms with van der Waals surface area (Å²) >= 11 is 8.22. The van der Waals surface area contributed by atoms with Crippen molar-refractivity contribution in [2.45, 2.75) is 26.8 Å². The summed E-state index contributed by atoms with van der Waals surface area (Å²) in [5.74, 6) is -0.180. The van der Waals surface area contributed by atoms with Gasteiger partial charge in [0.15, 0.2) is 4.32 Å². The van der Waals surface area contributed by atoms with Crippen LogP contribution in [0, 0.1) is 0 Å². The number of fused-ring (bicyclic) bond motifs is 1. The van der Waals surface area contributed by atoms with E-state index in [1.54, 1.807) is 9.47 Å². The van der Waals surface area contributed by atoms with E-state index in [0.29, 0.717) is 25.0 Å². The molecular formula is C26H23N3O2S3. The van der Waals surface area contributed by atoms with Crippen LogP contribution >= 0.6 is 35.3 Å². The fourth-order valence-corrected chi connectivity index (χ4v) is 6.92. The highest BCUT2D eigenvalue weighted by molar-refractivity contribution is 8.31. The molecule has 0 atom stereocenters. The van der Waals surface area contributed by atoms with Gasteiger partial charge in [-0.2, -0.15) is 0 Å². The average molecular weight is 506 g/mol.